The first-order valence-electron chi connectivity index (χ1n) is 18.1. The summed E-state index contributed by atoms with van der Waals surface area (Å²) in [6, 6.07) is 71.9. The summed E-state index contributed by atoms with van der Waals surface area (Å²) in [5, 5.41) is 15.6. The van der Waals surface area contributed by atoms with Crippen LogP contribution in [0.5, 0.6) is 0 Å². The molecule has 0 spiro atoms. The average molecular weight is 657 g/mol. The minimum absolute atomic E-state index is 1.22. The van der Waals surface area contributed by atoms with E-state index in [0.717, 1.165) is 0 Å². The second-order valence-electron chi connectivity index (χ2n) is 14.0. The lowest BCUT2D eigenvalue weighted by molar-refractivity contribution is 1.62. The van der Waals surface area contributed by atoms with Gasteiger partial charge in [0.2, 0.25) is 0 Å². The van der Waals surface area contributed by atoms with Crippen molar-refractivity contribution < 1.29 is 0 Å². The third kappa shape index (κ3) is 4.28. The molecule has 0 unspecified atom stereocenters. The van der Waals surface area contributed by atoms with Crippen molar-refractivity contribution in [1.29, 1.82) is 0 Å². The van der Waals surface area contributed by atoms with Crippen LogP contribution in [0.2, 0.25) is 0 Å². The molecule has 52 heavy (non-hydrogen) atoms. The summed E-state index contributed by atoms with van der Waals surface area (Å²) in [6.07, 6.45) is 0. The molecule has 11 rings (SSSR count). The number of benzene rings is 11. The van der Waals surface area contributed by atoms with Crippen molar-refractivity contribution in [3.05, 3.63) is 194 Å². The quantitative estimate of drug-likeness (QED) is 0.131. The first kappa shape index (κ1) is 29.0. The smallest absolute Gasteiger partial charge is 0.00199 e. The summed E-state index contributed by atoms with van der Waals surface area (Å²) in [6.45, 7) is 0. The van der Waals surface area contributed by atoms with Gasteiger partial charge in [0.1, 0.15) is 0 Å². The van der Waals surface area contributed by atoms with Crippen molar-refractivity contribution in [2.75, 3.05) is 0 Å². The van der Waals surface area contributed by atoms with E-state index in [-0.39, 0.29) is 0 Å². The van der Waals surface area contributed by atoms with Crippen molar-refractivity contribution in [1.82, 2.24) is 0 Å². The summed E-state index contributed by atoms with van der Waals surface area (Å²) in [5.41, 5.74) is 9.92. The number of rotatable bonds is 4. The van der Waals surface area contributed by atoms with Crippen LogP contribution in [0.1, 0.15) is 0 Å². The molecule has 0 saturated heterocycles. The van der Waals surface area contributed by atoms with Crippen LogP contribution in [-0.4, -0.2) is 0 Å². The van der Waals surface area contributed by atoms with Gasteiger partial charge in [-0.1, -0.05) is 182 Å². The third-order valence-electron chi connectivity index (χ3n) is 11.2. The molecule has 0 heterocycles. The lowest BCUT2D eigenvalue weighted by atomic mass is 9.81. The van der Waals surface area contributed by atoms with E-state index >= 15 is 0 Å². The van der Waals surface area contributed by atoms with Gasteiger partial charge in [0.05, 0.1) is 0 Å². The lowest BCUT2D eigenvalue weighted by Gasteiger charge is -2.22. The molecule has 11 aromatic carbocycles. The van der Waals surface area contributed by atoms with Crippen LogP contribution in [-0.2, 0) is 0 Å². The summed E-state index contributed by atoms with van der Waals surface area (Å²) in [4.78, 5) is 0. The van der Waals surface area contributed by atoms with Crippen LogP contribution in [0.15, 0.2) is 194 Å². The molecule has 0 heteroatoms. The molecule has 0 aliphatic rings. The molecule has 0 atom stereocenters. The predicted molar refractivity (Wildman–Crippen MR) is 224 cm³/mol. The van der Waals surface area contributed by atoms with E-state index in [1.165, 1.54) is 109 Å². The average Bonchev–Trinajstić information content (AvgIpc) is 3.22. The molecule has 240 valence electrons. The van der Waals surface area contributed by atoms with Crippen LogP contribution in [0.4, 0.5) is 0 Å². The van der Waals surface area contributed by atoms with Crippen LogP contribution in [0, 0.1) is 0 Å². The van der Waals surface area contributed by atoms with Gasteiger partial charge in [0.15, 0.2) is 0 Å². The normalized spacial score (nSPS) is 11.8. The Morgan fingerprint density at radius 2 is 0.654 bits per heavy atom. The topological polar surface area (TPSA) is 0 Å². The van der Waals surface area contributed by atoms with Gasteiger partial charge < -0.3 is 0 Å². The molecular formula is C52H32. The minimum atomic E-state index is 1.22. The molecule has 0 nitrogen and oxygen atoms in total. The molecule has 11 aromatic rings. The SMILES string of the molecule is c1ccc(-c2ccc3c(-c4ccc5c6cccc7cccc(c8cccc4c85)c76)c4cc(-c5ccccc5)ccc4c(-c4ccccc4)c3c2)cc1. The molecule has 0 saturated carbocycles. The number of hydrogen-bond acceptors (Lipinski definition) is 0. The Bertz CT molecular complexity index is 3090. The summed E-state index contributed by atoms with van der Waals surface area (Å²) < 4.78 is 0. The largest absolute Gasteiger partial charge is 0.0622 e. The molecule has 0 N–H and O–H groups in total. The monoisotopic (exact) mass is 656 g/mol. The van der Waals surface area contributed by atoms with Crippen LogP contribution < -0.4 is 0 Å². The van der Waals surface area contributed by atoms with Crippen molar-refractivity contribution in [2.45, 2.75) is 0 Å². The van der Waals surface area contributed by atoms with E-state index < -0.39 is 0 Å². The second kappa shape index (κ2) is 11.4. The molecule has 0 radical (unpaired) electrons. The van der Waals surface area contributed by atoms with E-state index in [0.29, 0.717) is 0 Å². The Morgan fingerprint density at radius 1 is 0.212 bits per heavy atom. The Hall–Kier alpha value is -6.76. The van der Waals surface area contributed by atoms with Gasteiger partial charge in [0.25, 0.3) is 0 Å². The first-order chi connectivity index (χ1) is 25.8. The molecule has 0 bridgehead atoms. The van der Waals surface area contributed by atoms with Crippen molar-refractivity contribution >= 4 is 64.6 Å². The highest BCUT2D eigenvalue weighted by Gasteiger charge is 2.21. The Morgan fingerprint density at radius 3 is 1.25 bits per heavy atom. The Labute approximate surface area is 302 Å². The number of fused-ring (bicyclic) bond motifs is 4. The van der Waals surface area contributed by atoms with Crippen molar-refractivity contribution in [2.24, 2.45) is 0 Å². The van der Waals surface area contributed by atoms with Crippen LogP contribution >= 0.6 is 0 Å². The van der Waals surface area contributed by atoms with Crippen molar-refractivity contribution in [3.63, 3.8) is 0 Å². The fourth-order valence-electron chi connectivity index (χ4n) is 8.92. The van der Waals surface area contributed by atoms with Gasteiger partial charge in [-0.3, -0.25) is 0 Å². The van der Waals surface area contributed by atoms with E-state index in [9.17, 15) is 0 Å². The fraction of sp³-hybridized carbons (Fsp3) is 0. The summed E-state index contributed by atoms with van der Waals surface area (Å²) in [7, 11) is 0. The third-order valence-corrected chi connectivity index (χ3v) is 11.2. The van der Waals surface area contributed by atoms with Gasteiger partial charge in [-0.15, -0.1) is 0 Å². The van der Waals surface area contributed by atoms with Crippen LogP contribution in [0.3, 0.4) is 0 Å². The lowest BCUT2D eigenvalue weighted by Crippen LogP contribution is -1.94. The highest BCUT2D eigenvalue weighted by molar-refractivity contribution is 6.35. The molecule has 0 amide bonds. The van der Waals surface area contributed by atoms with Gasteiger partial charge in [-0.2, -0.15) is 0 Å². The van der Waals surface area contributed by atoms with E-state index in [1.54, 1.807) is 0 Å². The van der Waals surface area contributed by atoms with E-state index in [1.807, 2.05) is 0 Å². The molecular weight excluding hydrogens is 625 g/mol. The zero-order chi connectivity index (χ0) is 34.2. The fourth-order valence-corrected chi connectivity index (χ4v) is 8.92. The zero-order valence-corrected chi connectivity index (χ0v) is 28.5. The minimum Gasteiger partial charge on any atom is -0.0622 e. The van der Waals surface area contributed by atoms with Crippen molar-refractivity contribution in [3.8, 4) is 44.5 Å². The van der Waals surface area contributed by atoms with E-state index in [2.05, 4.69) is 194 Å². The second-order valence-corrected chi connectivity index (χ2v) is 14.0. The maximum absolute atomic E-state index is 2.43. The van der Waals surface area contributed by atoms with E-state index in [4.69, 9.17) is 0 Å². The van der Waals surface area contributed by atoms with Crippen LogP contribution in [0.25, 0.3) is 109 Å². The van der Waals surface area contributed by atoms with Gasteiger partial charge in [0, 0.05) is 0 Å². The predicted octanol–water partition coefficient (Wildman–Crippen LogP) is 14.7. The summed E-state index contributed by atoms with van der Waals surface area (Å²) in [5.74, 6) is 0. The van der Waals surface area contributed by atoms with Gasteiger partial charge in [-0.05, 0) is 121 Å². The maximum atomic E-state index is 2.43. The highest BCUT2D eigenvalue weighted by atomic mass is 14.2. The molecule has 0 aliphatic carbocycles. The van der Waals surface area contributed by atoms with Gasteiger partial charge >= 0.3 is 0 Å². The maximum Gasteiger partial charge on any atom is -0.00199 e. The summed E-state index contributed by atoms with van der Waals surface area (Å²) >= 11 is 0. The molecule has 0 aliphatic heterocycles. The zero-order valence-electron chi connectivity index (χ0n) is 28.5. The highest BCUT2D eigenvalue weighted by Crippen LogP contribution is 2.49. The number of hydrogen-bond donors (Lipinski definition) is 0. The first-order valence-corrected chi connectivity index (χ1v) is 18.1. The molecule has 0 aromatic heterocycles. The van der Waals surface area contributed by atoms with Gasteiger partial charge in [-0.25, -0.2) is 0 Å². The molecule has 0 fully saturated rings. The standard InChI is InChI=1S/C52H32/c1-4-13-33(14-5-1)37-26-28-46-47(31-37)50(35-17-8-3-9-18-35)45-27-25-38(34-15-6-2-7-16-34)32-48(45)52(46)44-30-29-43-40-22-11-20-36-19-10-21-39(49(36)40)41-23-12-24-42(44)51(41)43/h1-32H. The Balaban J connectivity index is 1.33. The Kier molecular flexibility index (Phi) is 6.35.